The lowest BCUT2D eigenvalue weighted by Crippen LogP contribution is -2.28. The summed E-state index contributed by atoms with van der Waals surface area (Å²) in [6.07, 6.45) is 0. The Morgan fingerprint density at radius 1 is 0.912 bits per heavy atom. The van der Waals surface area contributed by atoms with Crippen LogP contribution in [0.3, 0.4) is 0 Å². The van der Waals surface area contributed by atoms with Crippen LogP contribution < -0.4 is 25.8 Å². The van der Waals surface area contributed by atoms with Gasteiger partial charge in [-0.2, -0.15) is 0 Å². The summed E-state index contributed by atoms with van der Waals surface area (Å²) >= 11 is 0. The molecule has 0 spiro atoms. The van der Waals surface area contributed by atoms with Gasteiger partial charge in [0.1, 0.15) is 17.9 Å². The number of carbonyl (C=O) groups excluding carboxylic acids is 2. The lowest BCUT2D eigenvalue weighted by atomic mass is 10.2. The molecule has 0 saturated carbocycles. The van der Waals surface area contributed by atoms with Crippen molar-refractivity contribution in [2.45, 2.75) is 6.92 Å². The van der Waals surface area contributed by atoms with Crippen molar-refractivity contribution in [3.8, 4) is 11.5 Å². The van der Waals surface area contributed by atoms with E-state index in [1.165, 1.54) is 0 Å². The number of nitrogens with two attached hydrogens (primary N) is 1. The number of hydrogen-bond acceptors (Lipinski definition) is 6. The van der Waals surface area contributed by atoms with Crippen molar-refractivity contribution in [3.05, 3.63) is 84.1 Å². The van der Waals surface area contributed by atoms with E-state index in [0.717, 1.165) is 5.39 Å². The van der Waals surface area contributed by atoms with Crippen LogP contribution in [0.2, 0.25) is 0 Å². The highest BCUT2D eigenvalue weighted by molar-refractivity contribution is 6.05. The first-order chi connectivity index (χ1) is 16.6. The molecule has 0 fully saturated rings. The van der Waals surface area contributed by atoms with E-state index in [2.05, 4.69) is 10.6 Å². The van der Waals surface area contributed by atoms with Gasteiger partial charge >= 0.3 is 0 Å². The maximum Gasteiger partial charge on any atom is 0.291 e. The van der Waals surface area contributed by atoms with Crippen LogP contribution in [0.5, 0.6) is 11.5 Å². The molecule has 0 aliphatic heterocycles. The van der Waals surface area contributed by atoms with E-state index in [1.807, 2.05) is 25.1 Å². The summed E-state index contributed by atoms with van der Waals surface area (Å²) in [6, 6.07) is 21.1. The molecule has 4 rings (SSSR count). The molecule has 4 aromatic rings. The van der Waals surface area contributed by atoms with E-state index < -0.39 is 0 Å². The summed E-state index contributed by atoms with van der Waals surface area (Å²) in [5.74, 6) is 0.493. The number of fused-ring (bicyclic) bond motifs is 1. The zero-order valence-electron chi connectivity index (χ0n) is 18.7. The Morgan fingerprint density at radius 2 is 1.65 bits per heavy atom. The number of carbonyl (C=O) groups is 2. The Hall–Kier alpha value is -4.46. The molecule has 1 aromatic heterocycles. The molecule has 0 bridgehead atoms. The van der Waals surface area contributed by atoms with Gasteiger partial charge in [-0.3, -0.25) is 9.59 Å². The molecule has 0 radical (unpaired) electrons. The molecule has 8 nitrogen and oxygen atoms in total. The number of benzene rings is 3. The topological polar surface area (TPSA) is 116 Å². The van der Waals surface area contributed by atoms with Crippen molar-refractivity contribution in [2.75, 3.05) is 30.8 Å². The highest BCUT2D eigenvalue weighted by Gasteiger charge is 2.21. The van der Waals surface area contributed by atoms with Gasteiger partial charge in [-0.05, 0) is 55.5 Å². The van der Waals surface area contributed by atoms with Crippen molar-refractivity contribution in [3.63, 3.8) is 0 Å². The quantitative estimate of drug-likeness (QED) is 0.251. The number of amides is 2. The Balaban J connectivity index is 1.29. The van der Waals surface area contributed by atoms with Gasteiger partial charge in [-0.1, -0.05) is 24.3 Å². The summed E-state index contributed by atoms with van der Waals surface area (Å²) in [4.78, 5) is 25.0. The predicted octanol–water partition coefficient (Wildman–Crippen LogP) is 4.47. The van der Waals surface area contributed by atoms with Crippen LogP contribution in [0.1, 0.15) is 27.8 Å². The van der Waals surface area contributed by atoms with Gasteiger partial charge < -0.3 is 30.3 Å². The van der Waals surface area contributed by atoms with Gasteiger partial charge in [0.15, 0.2) is 5.75 Å². The normalized spacial score (nSPS) is 10.6. The summed E-state index contributed by atoms with van der Waals surface area (Å²) in [7, 11) is 0. The molecule has 0 aliphatic rings. The van der Waals surface area contributed by atoms with Crippen LogP contribution in [0.4, 0.5) is 11.4 Å². The molecule has 0 saturated heterocycles. The van der Waals surface area contributed by atoms with Crippen LogP contribution >= 0.6 is 0 Å². The van der Waals surface area contributed by atoms with Crippen LogP contribution in [0.25, 0.3) is 11.0 Å². The summed E-state index contributed by atoms with van der Waals surface area (Å²) in [5.41, 5.74) is 7.97. The zero-order valence-corrected chi connectivity index (χ0v) is 18.7. The molecular formula is C26H25N3O5. The molecule has 0 atom stereocenters. The molecule has 1 heterocycles. The smallest absolute Gasteiger partial charge is 0.291 e. The van der Waals surface area contributed by atoms with E-state index in [0.29, 0.717) is 40.6 Å². The van der Waals surface area contributed by atoms with E-state index in [4.69, 9.17) is 19.6 Å². The lowest BCUT2D eigenvalue weighted by molar-refractivity contribution is 0.0915. The third-order valence-electron chi connectivity index (χ3n) is 5.03. The van der Waals surface area contributed by atoms with E-state index in [1.54, 1.807) is 54.6 Å². The van der Waals surface area contributed by atoms with E-state index >= 15 is 0 Å². The molecule has 174 valence electrons. The largest absolute Gasteiger partial charge is 0.492 e. The molecule has 0 unspecified atom stereocenters. The second kappa shape index (κ2) is 10.4. The van der Waals surface area contributed by atoms with Crippen molar-refractivity contribution in [1.82, 2.24) is 5.32 Å². The zero-order chi connectivity index (χ0) is 23.9. The lowest BCUT2D eigenvalue weighted by Gasteiger charge is -2.10. The molecule has 4 N–H and O–H groups in total. The van der Waals surface area contributed by atoms with Crippen molar-refractivity contribution in [2.24, 2.45) is 0 Å². The van der Waals surface area contributed by atoms with Gasteiger partial charge in [0.2, 0.25) is 5.76 Å². The Bertz CT molecular complexity index is 1300. The highest BCUT2D eigenvalue weighted by atomic mass is 16.5. The van der Waals surface area contributed by atoms with Crippen LogP contribution in [-0.4, -0.2) is 31.6 Å². The van der Waals surface area contributed by atoms with Crippen LogP contribution in [-0.2, 0) is 0 Å². The molecule has 34 heavy (non-hydrogen) atoms. The number of anilines is 2. The first-order valence-electron chi connectivity index (χ1n) is 10.9. The third kappa shape index (κ3) is 5.12. The fraction of sp³-hybridized carbons (Fsp3) is 0.154. The Labute approximate surface area is 196 Å². The van der Waals surface area contributed by atoms with Gasteiger partial charge in [-0.15, -0.1) is 0 Å². The second-order valence-corrected chi connectivity index (χ2v) is 7.36. The van der Waals surface area contributed by atoms with Crippen LogP contribution in [0.15, 0.2) is 77.2 Å². The highest BCUT2D eigenvalue weighted by Crippen LogP contribution is 2.33. The maximum absolute atomic E-state index is 12.6. The van der Waals surface area contributed by atoms with Crippen LogP contribution in [0, 0.1) is 0 Å². The number of ether oxygens (including phenoxy) is 2. The number of furan rings is 1. The third-order valence-corrected chi connectivity index (χ3v) is 5.03. The van der Waals surface area contributed by atoms with Gasteiger partial charge in [0.05, 0.1) is 29.9 Å². The van der Waals surface area contributed by atoms with E-state index in [9.17, 15) is 9.59 Å². The molecular weight excluding hydrogens is 434 g/mol. The Kier molecular flexibility index (Phi) is 6.98. The standard InChI is InChI=1S/C26H25N3O5/c1-2-32-23-19-7-3-6-10-22(19)34-24(23)26(31)28-15-16-33-18-13-11-17(12-14-18)25(30)29-21-9-5-4-8-20(21)27/h3-14H,2,15-16,27H2,1H3,(H,28,31)(H,29,30). The minimum absolute atomic E-state index is 0.137. The number of rotatable bonds is 9. The minimum Gasteiger partial charge on any atom is -0.492 e. The monoisotopic (exact) mass is 459 g/mol. The molecule has 2 amide bonds. The number of hydrogen-bond donors (Lipinski definition) is 3. The second-order valence-electron chi connectivity index (χ2n) is 7.36. The minimum atomic E-state index is -0.379. The van der Waals surface area contributed by atoms with Crippen molar-refractivity contribution < 1.29 is 23.5 Å². The first-order valence-corrected chi connectivity index (χ1v) is 10.9. The first kappa shape index (κ1) is 22.7. The number of para-hydroxylation sites is 3. The molecule has 3 aromatic carbocycles. The maximum atomic E-state index is 12.6. The van der Waals surface area contributed by atoms with Gasteiger partial charge in [0.25, 0.3) is 11.8 Å². The van der Waals surface area contributed by atoms with Gasteiger partial charge in [0, 0.05) is 5.56 Å². The van der Waals surface area contributed by atoms with Crippen molar-refractivity contribution in [1.29, 1.82) is 0 Å². The van der Waals surface area contributed by atoms with Gasteiger partial charge in [-0.25, -0.2) is 0 Å². The number of nitrogens with one attached hydrogen (secondary N) is 2. The molecule has 0 aliphatic carbocycles. The SMILES string of the molecule is CCOc1c(C(=O)NCCOc2ccc(C(=O)Nc3ccccc3N)cc2)oc2ccccc12. The predicted molar refractivity (Wildman–Crippen MR) is 130 cm³/mol. The van der Waals surface area contributed by atoms with E-state index in [-0.39, 0.29) is 30.7 Å². The van der Waals surface area contributed by atoms with Crippen molar-refractivity contribution >= 4 is 34.2 Å². The summed E-state index contributed by atoms with van der Waals surface area (Å²) < 4.78 is 17.0. The number of nitrogen functional groups attached to an aromatic ring is 1. The average Bonchev–Trinajstić information content (AvgIpc) is 3.22. The Morgan fingerprint density at radius 3 is 2.41 bits per heavy atom. The average molecular weight is 460 g/mol. The summed E-state index contributed by atoms with van der Waals surface area (Å²) in [5, 5.41) is 6.31. The fourth-order valence-corrected chi connectivity index (χ4v) is 3.38. The summed E-state index contributed by atoms with van der Waals surface area (Å²) in [6.45, 7) is 2.77. The fourth-order valence-electron chi connectivity index (χ4n) is 3.38. The molecule has 8 heteroatoms.